The quantitative estimate of drug-likeness (QED) is 0.744. The first kappa shape index (κ1) is 24.2. The van der Waals surface area contributed by atoms with E-state index in [1.54, 1.807) is 0 Å². The lowest BCUT2D eigenvalue weighted by Crippen LogP contribution is -2.44. The topological polar surface area (TPSA) is 56.7 Å². The number of aryl methyl sites for hydroxylation is 1. The van der Waals surface area contributed by atoms with Gasteiger partial charge in [-0.25, -0.2) is 4.79 Å². The molecule has 1 aromatic carbocycles. The number of piperidine rings is 1. The van der Waals surface area contributed by atoms with Gasteiger partial charge in [0.2, 0.25) is 0 Å². The second kappa shape index (κ2) is 10.4. The third kappa shape index (κ3) is 7.03. The van der Waals surface area contributed by atoms with Gasteiger partial charge in [0.25, 0.3) is 0 Å². The molecular formula is C24H30F3N3O2. The van der Waals surface area contributed by atoms with Crippen LogP contribution in [0, 0.1) is 12.3 Å². The Bertz CT molecular complexity index is 892. The van der Waals surface area contributed by atoms with Gasteiger partial charge in [0.05, 0.1) is 5.69 Å². The van der Waals surface area contributed by atoms with Crippen LogP contribution in [0.3, 0.4) is 0 Å². The third-order valence-electron chi connectivity index (χ3n) is 6.08. The number of hydrogen-bond donors (Lipinski definition) is 1. The Labute approximate surface area is 186 Å². The molecule has 174 valence electrons. The number of rotatable bonds is 4. The lowest BCUT2D eigenvalue weighted by atomic mass is 9.79. The minimum atomic E-state index is -5.08. The number of aliphatic carboxylic acids is 1. The normalized spacial score (nSPS) is 21.9. The van der Waals surface area contributed by atoms with E-state index in [4.69, 9.17) is 14.9 Å². The summed E-state index contributed by atoms with van der Waals surface area (Å²) in [7, 11) is 0. The number of aromatic nitrogens is 1. The molecule has 1 atom stereocenters. The zero-order chi connectivity index (χ0) is 23.2. The van der Waals surface area contributed by atoms with Gasteiger partial charge in [-0.05, 0) is 62.4 Å². The van der Waals surface area contributed by atoms with Gasteiger partial charge in [-0.2, -0.15) is 13.2 Å². The molecule has 2 aromatic rings. The Kier molecular flexibility index (Phi) is 7.90. The second-order valence-electron chi connectivity index (χ2n) is 8.83. The molecule has 32 heavy (non-hydrogen) atoms. The van der Waals surface area contributed by atoms with Gasteiger partial charge < -0.3 is 5.11 Å². The van der Waals surface area contributed by atoms with Crippen LogP contribution in [0.1, 0.15) is 36.2 Å². The number of hydrogen-bond acceptors (Lipinski definition) is 4. The summed E-state index contributed by atoms with van der Waals surface area (Å²) in [6.45, 7) is 9.12. The van der Waals surface area contributed by atoms with Gasteiger partial charge in [0.15, 0.2) is 0 Å². The monoisotopic (exact) mass is 449 g/mol. The molecule has 3 heterocycles. The first-order valence-electron chi connectivity index (χ1n) is 10.9. The van der Waals surface area contributed by atoms with Crippen molar-refractivity contribution in [2.45, 2.75) is 45.5 Å². The zero-order valence-corrected chi connectivity index (χ0v) is 18.3. The molecule has 2 saturated heterocycles. The number of nitrogens with zero attached hydrogens (tertiary/aromatic N) is 3. The van der Waals surface area contributed by atoms with Gasteiger partial charge >= 0.3 is 12.1 Å². The molecule has 0 aliphatic carbocycles. The van der Waals surface area contributed by atoms with Crippen LogP contribution in [0.25, 0.3) is 0 Å². The summed E-state index contributed by atoms with van der Waals surface area (Å²) < 4.78 is 31.7. The number of likely N-dealkylation sites (tertiary alicyclic amines) is 2. The SMILES string of the molecule is Cc1cccc(CN2CCCC3(CCN(Cc4ccccc4)C3)C2)n1.O=C(O)C(F)(F)F. The Morgan fingerprint density at radius 3 is 2.28 bits per heavy atom. The summed E-state index contributed by atoms with van der Waals surface area (Å²) in [4.78, 5) is 18.9. The molecule has 2 aliphatic rings. The van der Waals surface area contributed by atoms with E-state index >= 15 is 0 Å². The van der Waals surface area contributed by atoms with Crippen LogP contribution in [0.15, 0.2) is 48.5 Å². The van der Waals surface area contributed by atoms with Gasteiger partial charge in [-0.1, -0.05) is 36.4 Å². The van der Waals surface area contributed by atoms with E-state index in [2.05, 4.69) is 65.3 Å². The lowest BCUT2D eigenvalue weighted by molar-refractivity contribution is -0.192. The molecule has 2 fully saturated rings. The van der Waals surface area contributed by atoms with Crippen molar-refractivity contribution < 1.29 is 23.1 Å². The summed E-state index contributed by atoms with van der Waals surface area (Å²) in [5.41, 5.74) is 4.28. The van der Waals surface area contributed by atoms with E-state index in [0.717, 1.165) is 18.8 Å². The fraction of sp³-hybridized carbons (Fsp3) is 0.500. The van der Waals surface area contributed by atoms with Crippen LogP contribution in [0.2, 0.25) is 0 Å². The Morgan fingerprint density at radius 1 is 1.00 bits per heavy atom. The van der Waals surface area contributed by atoms with Crippen molar-refractivity contribution in [3.8, 4) is 0 Å². The predicted molar refractivity (Wildman–Crippen MR) is 116 cm³/mol. The van der Waals surface area contributed by atoms with Crippen LogP contribution < -0.4 is 0 Å². The summed E-state index contributed by atoms with van der Waals surface area (Å²) >= 11 is 0. The Hall–Kier alpha value is -2.45. The standard InChI is InChI=1S/C22H29N3.C2HF3O2/c1-19-7-5-10-21(23-19)16-24-13-6-11-22(17-24)12-14-25(18-22)15-20-8-3-2-4-9-20;3-2(4,5)1(6)7/h2-5,7-10H,6,11-18H2,1H3;(H,6,7). The average molecular weight is 450 g/mol. The highest BCUT2D eigenvalue weighted by Crippen LogP contribution is 2.39. The molecule has 1 spiro atoms. The van der Waals surface area contributed by atoms with Gasteiger partial charge in [-0.15, -0.1) is 0 Å². The van der Waals surface area contributed by atoms with E-state index < -0.39 is 12.1 Å². The van der Waals surface area contributed by atoms with Gasteiger partial charge in [0.1, 0.15) is 0 Å². The molecule has 1 aromatic heterocycles. The molecule has 0 radical (unpaired) electrons. The third-order valence-corrected chi connectivity index (χ3v) is 6.08. The van der Waals surface area contributed by atoms with Crippen LogP contribution in [0.5, 0.6) is 0 Å². The van der Waals surface area contributed by atoms with Crippen LogP contribution >= 0.6 is 0 Å². The van der Waals surface area contributed by atoms with Crippen molar-refractivity contribution in [2.24, 2.45) is 5.41 Å². The van der Waals surface area contributed by atoms with Crippen molar-refractivity contribution in [2.75, 3.05) is 26.2 Å². The Morgan fingerprint density at radius 2 is 1.66 bits per heavy atom. The minimum absolute atomic E-state index is 0.497. The molecule has 0 amide bonds. The van der Waals surface area contributed by atoms with Crippen molar-refractivity contribution in [1.29, 1.82) is 0 Å². The van der Waals surface area contributed by atoms with Crippen LogP contribution in [-0.4, -0.2) is 58.2 Å². The largest absolute Gasteiger partial charge is 0.490 e. The van der Waals surface area contributed by atoms with Gasteiger partial charge in [0, 0.05) is 31.9 Å². The van der Waals surface area contributed by atoms with E-state index in [9.17, 15) is 13.2 Å². The first-order chi connectivity index (χ1) is 15.2. The molecule has 0 saturated carbocycles. The number of alkyl halides is 3. The van der Waals surface area contributed by atoms with E-state index in [-0.39, 0.29) is 0 Å². The smallest absolute Gasteiger partial charge is 0.475 e. The highest BCUT2D eigenvalue weighted by molar-refractivity contribution is 5.73. The summed E-state index contributed by atoms with van der Waals surface area (Å²) in [6.07, 6.45) is -1.03. The van der Waals surface area contributed by atoms with Crippen molar-refractivity contribution in [3.05, 3.63) is 65.5 Å². The fourth-order valence-corrected chi connectivity index (χ4v) is 4.70. The van der Waals surface area contributed by atoms with Gasteiger partial charge in [-0.3, -0.25) is 14.8 Å². The number of halogens is 3. The Balaban J connectivity index is 0.000000360. The van der Waals surface area contributed by atoms with Crippen LogP contribution in [-0.2, 0) is 17.9 Å². The number of pyridine rings is 1. The minimum Gasteiger partial charge on any atom is -0.475 e. The van der Waals surface area contributed by atoms with E-state index in [0.29, 0.717) is 5.41 Å². The number of carboxylic acids is 1. The molecule has 0 bridgehead atoms. The molecule has 4 rings (SSSR count). The fourth-order valence-electron chi connectivity index (χ4n) is 4.70. The first-order valence-corrected chi connectivity index (χ1v) is 10.9. The zero-order valence-electron chi connectivity index (χ0n) is 18.3. The maximum Gasteiger partial charge on any atom is 0.490 e. The van der Waals surface area contributed by atoms with Crippen molar-refractivity contribution in [3.63, 3.8) is 0 Å². The average Bonchev–Trinajstić information content (AvgIpc) is 3.10. The van der Waals surface area contributed by atoms with E-state index in [1.165, 1.54) is 56.7 Å². The number of benzene rings is 1. The van der Waals surface area contributed by atoms with Crippen molar-refractivity contribution in [1.82, 2.24) is 14.8 Å². The molecular weight excluding hydrogens is 419 g/mol. The molecule has 1 unspecified atom stereocenters. The second-order valence-corrected chi connectivity index (χ2v) is 8.83. The molecule has 2 aliphatic heterocycles. The number of carbonyl (C=O) groups is 1. The highest BCUT2D eigenvalue weighted by Gasteiger charge is 2.41. The predicted octanol–water partition coefficient (Wildman–Crippen LogP) is 4.51. The molecule has 5 nitrogen and oxygen atoms in total. The summed E-state index contributed by atoms with van der Waals surface area (Å²) in [5, 5.41) is 7.12. The van der Waals surface area contributed by atoms with Crippen molar-refractivity contribution >= 4 is 5.97 Å². The summed E-state index contributed by atoms with van der Waals surface area (Å²) in [5.74, 6) is -2.76. The maximum absolute atomic E-state index is 10.6. The molecule has 8 heteroatoms. The summed E-state index contributed by atoms with van der Waals surface area (Å²) in [6, 6.07) is 17.3. The highest BCUT2D eigenvalue weighted by atomic mass is 19.4. The van der Waals surface area contributed by atoms with Crippen LogP contribution in [0.4, 0.5) is 13.2 Å². The number of carboxylic acid groups (broad SMARTS) is 1. The molecule has 1 N–H and O–H groups in total. The maximum atomic E-state index is 10.6. The lowest BCUT2D eigenvalue weighted by Gasteiger charge is -2.40. The van der Waals surface area contributed by atoms with E-state index in [1.807, 2.05) is 0 Å².